The second-order valence-corrected chi connectivity index (χ2v) is 3.23. The van der Waals surface area contributed by atoms with Gasteiger partial charge in [0.15, 0.2) is 0 Å². The first-order chi connectivity index (χ1) is 5.52. The molecule has 4 nitrogen and oxygen atoms in total. The van der Waals surface area contributed by atoms with Gasteiger partial charge in [-0.1, -0.05) is 15.9 Å². The van der Waals surface area contributed by atoms with Crippen LogP contribution in [-0.2, 0) is 4.57 Å². The molecular weight excluding hydrogens is 245 g/mol. The Morgan fingerprint density at radius 2 is 1.58 bits per heavy atom. The van der Waals surface area contributed by atoms with E-state index in [0.29, 0.717) is 0 Å². The Morgan fingerprint density at radius 1 is 1.25 bits per heavy atom. The SMILES string of the molecule is Nc1ccc(Br)cc1.O=[P+](O)O. The topological polar surface area (TPSA) is 83.6 Å². The fourth-order valence-electron chi connectivity index (χ4n) is 0.463. The lowest BCUT2D eigenvalue weighted by atomic mass is 10.3. The fourth-order valence-corrected chi connectivity index (χ4v) is 0.727. The lowest BCUT2D eigenvalue weighted by Crippen LogP contribution is -1.80. The molecule has 1 aromatic rings. The molecule has 0 bridgehead atoms. The molecule has 0 unspecified atom stereocenters. The Morgan fingerprint density at radius 3 is 1.83 bits per heavy atom. The van der Waals surface area contributed by atoms with E-state index in [-0.39, 0.29) is 0 Å². The Labute approximate surface area is 79.1 Å². The highest BCUT2D eigenvalue weighted by Crippen LogP contribution is 2.10. The highest BCUT2D eigenvalue weighted by Gasteiger charge is 1.93. The first-order valence-corrected chi connectivity index (χ1v) is 4.84. The summed E-state index contributed by atoms with van der Waals surface area (Å²) in [5.74, 6) is 0. The molecule has 0 aromatic heterocycles. The maximum Gasteiger partial charge on any atom is 0.692 e. The van der Waals surface area contributed by atoms with E-state index in [1.807, 2.05) is 24.3 Å². The normalized spacial score (nSPS) is 8.25. The second-order valence-electron chi connectivity index (χ2n) is 1.80. The summed E-state index contributed by atoms with van der Waals surface area (Å²) in [4.78, 5) is 14.2. The van der Waals surface area contributed by atoms with E-state index in [0.717, 1.165) is 10.2 Å². The molecule has 12 heavy (non-hydrogen) atoms. The van der Waals surface area contributed by atoms with Gasteiger partial charge < -0.3 is 5.73 Å². The molecule has 66 valence electrons. The predicted molar refractivity (Wildman–Crippen MR) is 50.6 cm³/mol. The number of nitrogens with two attached hydrogens (primary N) is 1. The van der Waals surface area contributed by atoms with Gasteiger partial charge in [0.25, 0.3) is 0 Å². The fraction of sp³-hybridized carbons (Fsp3) is 0. The van der Waals surface area contributed by atoms with Crippen LogP contribution >= 0.6 is 24.2 Å². The summed E-state index contributed by atoms with van der Waals surface area (Å²) in [5, 5.41) is 0. The zero-order valence-corrected chi connectivity index (χ0v) is 8.50. The van der Waals surface area contributed by atoms with Crippen molar-refractivity contribution in [1.29, 1.82) is 0 Å². The Balaban J connectivity index is 0.000000261. The van der Waals surface area contributed by atoms with Crippen LogP contribution in [0.3, 0.4) is 0 Å². The monoisotopic (exact) mass is 252 g/mol. The summed E-state index contributed by atoms with van der Waals surface area (Å²) in [6.07, 6.45) is 0. The number of hydrogen-bond acceptors (Lipinski definition) is 2. The van der Waals surface area contributed by atoms with Crippen LogP contribution in [0.15, 0.2) is 28.7 Å². The smallest absolute Gasteiger partial charge is 0.399 e. The molecule has 1 rings (SSSR count). The van der Waals surface area contributed by atoms with Gasteiger partial charge in [0.1, 0.15) is 0 Å². The van der Waals surface area contributed by atoms with Gasteiger partial charge in [-0.15, -0.1) is 9.79 Å². The molecule has 0 fully saturated rings. The molecule has 0 aliphatic heterocycles. The van der Waals surface area contributed by atoms with Crippen LogP contribution in [0.1, 0.15) is 0 Å². The summed E-state index contributed by atoms with van der Waals surface area (Å²) in [5.41, 5.74) is 6.21. The van der Waals surface area contributed by atoms with Crippen LogP contribution in [0.5, 0.6) is 0 Å². The van der Waals surface area contributed by atoms with Gasteiger partial charge in [-0.05, 0) is 24.3 Å². The lowest BCUT2D eigenvalue weighted by molar-refractivity contribution is 0.405. The Bertz CT molecular complexity index is 226. The third-order valence-corrected chi connectivity index (χ3v) is 1.40. The molecule has 0 aliphatic carbocycles. The molecule has 0 heterocycles. The van der Waals surface area contributed by atoms with Crippen molar-refractivity contribution in [2.24, 2.45) is 0 Å². The molecule has 0 saturated carbocycles. The average molecular weight is 253 g/mol. The summed E-state index contributed by atoms with van der Waals surface area (Å²) in [6, 6.07) is 7.53. The summed E-state index contributed by atoms with van der Waals surface area (Å²) in [7, 11) is -2.87. The van der Waals surface area contributed by atoms with E-state index in [2.05, 4.69) is 15.9 Å². The van der Waals surface area contributed by atoms with Crippen molar-refractivity contribution in [3.05, 3.63) is 28.7 Å². The molecule has 0 amide bonds. The Kier molecular flexibility index (Phi) is 5.84. The van der Waals surface area contributed by atoms with Gasteiger partial charge in [-0.3, -0.25) is 0 Å². The molecule has 0 spiro atoms. The Hall–Kier alpha value is -0.480. The van der Waals surface area contributed by atoms with Gasteiger partial charge in [-0.25, -0.2) is 0 Å². The molecule has 0 aliphatic rings. The molecule has 0 atom stereocenters. The molecule has 4 N–H and O–H groups in total. The lowest BCUT2D eigenvalue weighted by Gasteiger charge is -1.88. The van der Waals surface area contributed by atoms with Crippen LogP contribution in [0.4, 0.5) is 5.69 Å². The zero-order chi connectivity index (χ0) is 9.56. The molecule has 0 saturated heterocycles. The first kappa shape index (κ1) is 11.5. The van der Waals surface area contributed by atoms with Gasteiger partial charge >= 0.3 is 8.25 Å². The largest absolute Gasteiger partial charge is 0.692 e. The number of halogens is 1. The van der Waals surface area contributed by atoms with Crippen LogP contribution in [0.25, 0.3) is 0 Å². The third-order valence-electron chi connectivity index (χ3n) is 0.870. The van der Waals surface area contributed by atoms with Gasteiger partial charge in [0.05, 0.1) is 0 Å². The molecule has 6 heteroatoms. The van der Waals surface area contributed by atoms with Crippen molar-refractivity contribution >= 4 is 29.9 Å². The predicted octanol–water partition coefficient (Wildman–Crippen LogP) is 1.66. The maximum absolute atomic E-state index is 8.70. The average Bonchev–Trinajstić information content (AvgIpc) is 1.94. The van der Waals surface area contributed by atoms with E-state index in [1.165, 1.54) is 0 Å². The van der Waals surface area contributed by atoms with E-state index >= 15 is 0 Å². The second kappa shape index (κ2) is 6.08. The maximum atomic E-state index is 8.70. The molecule has 0 radical (unpaired) electrons. The van der Waals surface area contributed by atoms with Crippen molar-refractivity contribution in [1.82, 2.24) is 0 Å². The van der Waals surface area contributed by atoms with E-state index in [1.54, 1.807) is 0 Å². The number of hydrogen-bond donors (Lipinski definition) is 3. The van der Waals surface area contributed by atoms with E-state index < -0.39 is 8.25 Å². The number of rotatable bonds is 0. The number of nitrogen functional groups attached to an aromatic ring is 1. The van der Waals surface area contributed by atoms with Crippen LogP contribution in [0, 0.1) is 0 Å². The van der Waals surface area contributed by atoms with E-state index in [9.17, 15) is 0 Å². The molecular formula is C6H8BrNO3P+. The molecule has 1 aromatic carbocycles. The van der Waals surface area contributed by atoms with Gasteiger partial charge in [0.2, 0.25) is 0 Å². The highest BCUT2D eigenvalue weighted by molar-refractivity contribution is 9.10. The summed E-state index contributed by atoms with van der Waals surface area (Å²) in [6.45, 7) is 0. The summed E-state index contributed by atoms with van der Waals surface area (Å²) < 4.78 is 9.77. The van der Waals surface area contributed by atoms with Crippen molar-refractivity contribution < 1.29 is 14.4 Å². The minimum Gasteiger partial charge on any atom is -0.399 e. The minimum absolute atomic E-state index is 0.799. The van der Waals surface area contributed by atoms with Crippen LogP contribution in [-0.4, -0.2) is 9.79 Å². The third kappa shape index (κ3) is 7.63. The standard InChI is InChI=1S/C6H6BrN.HO3P/c7-5-1-3-6(8)4-2-5;1-4(2)3/h1-4H,8H2;(H-,1,2,3)/p+1. The summed E-state index contributed by atoms with van der Waals surface area (Å²) >= 11 is 3.29. The van der Waals surface area contributed by atoms with Crippen LogP contribution in [0.2, 0.25) is 0 Å². The van der Waals surface area contributed by atoms with Crippen molar-refractivity contribution in [2.75, 3.05) is 5.73 Å². The van der Waals surface area contributed by atoms with Gasteiger partial charge in [-0.2, -0.15) is 0 Å². The zero-order valence-electron chi connectivity index (χ0n) is 6.01. The number of anilines is 1. The quantitative estimate of drug-likeness (QED) is 0.485. The number of benzene rings is 1. The van der Waals surface area contributed by atoms with Crippen molar-refractivity contribution in [3.63, 3.8) is 0 Å². The van der Waals surface area contributed by atoms with Crippen molar-refractivity contribution in [3.8, 4) is 0 Å². The van der Waals surface area contributed by atoms with Crippen molar-refractivity contribution in [2.45, 2.75) is 0 Å². The van der Waals surface area contributed by atoms with E-state index in [4.69, 9.17) is 20.1 Å². The van der Waals surface area contributed by atoms with Gasteiger partial charge in [0, 0.05) is 14.7 Å². The van der Waals surface area contributed by atoms with Crippen LogP contribution < -0.4 is 5.73 Å². The minimum atomic E-state index is -2.87. The first-order valence-electron chi connectivity index (χ1n) is 2.88. The highest BCUT2D eigenvalue weighted by atomic mass is 79.9.